The maximum absolute atomic E-state index is 12.9. The fourth-order valence-electron chi connectivity index (χ4n) is 1.25. The summed E-state index contributed by atoms with van der Waals surface area (Å²) >= 11 is 6.32. The predicted molar refractivity (Wildman–Crippen MR) is 56.1 cm³/mol. The fraction of sp³-hybridized carbons (Fsp3) is 1.00. The molecular weight excluding hydrogens is 271 g/mol. The minimum atomic E-state index is -2.53. The van der Waals surface area contributed by atoms with Gasteiger partial charge in [-0.05, 0) is 8.57 Å². The Morgan fingerprint density at radius 2 is 1.50 bits per heavy atom. The summed E-state index contributed by atoms with van der Waals surface area (Å²) in [6, 6.07) is 0. The van der Waals surface area contributed by atoms with Crippen molar-refractivity contribution in [3.63, 3.8) is 0 Å². The molecule has 0 atom stereocenters. The summed E-state index contributed by atoms with van der Waals surface area (Å²) in [7, 11) is 13.3. The Morgan fingerprint density at radius 3 is 1.67 bits per heavy atom. The van der Waals surface area contributed by atoms with E-state index in [0.717, 1.165) is 12.8 Å². The minimum absolute atomic E-state index is 0.411. The second kappa shape index (κ2) is 3.28. The molecule has 1 rings (SSSR count). The SMILES string of the molecule is F[Si][Si]1(Cl)C([Si])([Si])CCC1([Si])[Si]. The third-order valence-electron chi connectivity index (χ3n) is 2.18. The highest BCUT2D eigenvalue weighted by Crippen LogP contribution is 2.58. The molecule has 1 aliphatic rings. The van der Waals surface area contributed by atoms with E-state index >= 15 is 0 Å². The van der Waals surface area contributed by atoms with E-state index in [1.165, 1.54) is 0 Å². The summed E-state index contributed by atoms with van der Waals surface area (Å²) in [5.41, 5.74) is 0. The van der Waals surface area contributed by atoms with Gasteiger partial charge in [0.25, 0.3) is 9.37 Å². The third-order valence-corrected chi connectivity index (χ3v) is 21.6. The average molecular weight is 275 g/mol. The first-order chi connectivity index (χ1) is 5.27. The van der Waals surface area contributed by atoms with Crippen LogP contribution in [0.1, 0.15) is 12.8 Å². The lowest BCUT2D eigenvalue weighted by Gasteiger charge is -2.38. The molecule has 0 unspecified atom stereocenters. The van der Waals surface area contributed by atoms with Crippen molar-refractivity contribution in [1.82, 2.24) is 0 Å². The smallest absolute Gasteiger partial charge is 0.296 e. The molecule has 58 valence electrons. The zero-order valence-electron chi connectivity index (χ0n) is 6.17. The van der Waals surface area contributed by atoms with Gasteiger partial charge in [-0.1, -0.05) is 12.8 Å². The van der Waals surface area contributed by atoms with Gasteiger partial charge >= 0.3 is 0 Å². The molecule has 1 fully saturated rings. The summed E-state index contributed by atoms with van der Waals surface area (Å²) < 4.78 is 12.1. The van der Waals surface area contributed by atoms with E-state index in [0.29, 0.717) is 0 Å². The van der Waals surface area contributed by atoms with E-state index < -0.39 is 24.8 Å². The lowest BCUT2D eigenvalue weighted by atomic mass is 10.4. The summed E-state index contributed by atoms with van der Waals surface area (Å²) in [5, 5.41) is 0. The van der Waals surface area contributed by atoms with Crippen LogP contribution in [0.15, 0.2) is 0 Å². The zero-order chi connectivity index (χ0) is 9.62. The van der Waals surface area contributed by atoms with Gasteiger partial charge in [-0.15, -0.1) is 0 Å². The number of rotatable bonds is 1. The van der Waals surface area contributed by atoms with E-state index in [1.54, 1.807) is 0 Å². The van der Waals surface area contributed by atoms with Gasteiger partial charge in [-0.3, -0.25) is 0 Å². The molecule has 0 aromatic rings. The normalized spacial score (nSPS) is 30.5. The van der Waals surface area contributed by atoms with Crippen molar-refractivity contribution in [3.05, 3.63) is 0 Å². The van der Waals surface area contributed by atoms with Crippen LogP contribution in [0.5, 0.6) is 0 Å². The van der Waals surface area contributed by atoms with Gasteiger partial charge in [0.05, 0.1) is 0 Å². The first kappa shape index (κ1) is 11.6. The van der Waals surface area contributed by atoms with Crippen LogP contribution in [0, 0.1) is 0 Å². The Hall–Kier alpha value is 1.52. The maximum Gasteiger partial charge on any atom is 0.296 e. The Morgan fingerprint density at radius 1 is 1.17 bits per heavy atom. The van der Waals surface area contributed by atoms with Gasteiger partial charge in [0, 0.05) is 41.0 Å². The van der Waals surface area contributed by atoms with Gasteiger partial charge in [-0.25, -0.2) is 0 Å². The fourth-order valence-corrected chi connectivity index (χ4v) is 11.8. The van der Waals surface area contributed by atoms with E-state index in [-0.39, 0.29) is 0 Å². The minimum Gasteiger partial charge on any atom is -0.318 e. The molecule has 14 radical (unpaired) electrons. The van der Waals surface area contributed by atoms with Crippen molar-refractivity contribution in [2.45, 2.75) is 21.4 Å². The summed E-state index contributed by atoms with van der Waals surface area (Å²) in [6.45, 7) is -2.53. The highest BCUT2D eigenvalue weighted by atomic mass is 35.6. The van der Waals surface area contributed by atoms with Crippen molar-refractivity contribution < 1.29 is 4.11 Å². The van der Waals surface area contributed by atoms with E-state index in [4.69, 9.17) is 11.1 Å². The highest BCUT2D eigenvalue weighted by molar-refractivity contribution is 7.54. The number of hydrogen-bond acceptors (Lipinski definition) is 0. The van der Waals surface area contributed by atoms with Crippen LogP contribution in [0.4, 0.5) is 4.11 Å². The molecule has 1 heterocycles. The monoisotopic (exact) mass is 274 g/mol. The van der Waals surface area contributed by atoms with Gasteiger partial charge in [0.15, 0.2) is 6.90 Å². The largest absolute Gasteiger partial charge is 0.318 e. The molecule has 0 aliphatic carbocycles. The summed E-state index contributed by atoms with van der Waals surface area (Å²) in [4.78, 5) is 0. The van der Waals surface area contributed by atoms with Gasteiger partial charge < -0.3 is 4.11 Å². The second-order valence-corrected chi connectivity index (χ2v) is 18.2. The molecular formula is C4H4ClFSi6. The highest BCUT2D eigenvalue weighted by Gasteiger charge is 2.62. The third kappa shape index (κ3) is 1.46. The molecule has 1 aliphatic heterocycles. The van der Waals surface area contributed by atoms with Crippen molar-refractivity contribution >= 4 is 68.3 Å². The Labute approximate surface area is 93.6 Å². The summed E-state index contributed by atoms with van der Waals surface area (Å²) in [6.07, 6.45) is 1.64. The first-order valence-corrected chi connectivity index (χ1v) is 10.2. The van der Waals surface area contributed by atoms with Crippen LogP contribution < -0.4 is 0 Å². The van der Waals surface area contributed by atoms with Gasteiger partial charge in [0.2, 0.25) is 0 Å². The van der Waals surface area contributed by atoms with E-state index in [2.05, 4.69) is 41.0 Å². The molecule has 0 saturated carbocycles. The standard InChI is InChI=1S/C4H4ClFSi6/c5-12(11-6)3(7,8)1-2-4(12,9)10/h1-2H2. The molecule has 12 heavy (non-hydrogen) atoms. The Kier molecular flexibility index (Phi) is 3.17. The maximum atomic E-state index is 12.9. The molecule has 0 aromatic carbocycles. The van der Waals surface area contributed by atoms with Gasteiger partial charge in [0.1, 0.15) is 0 Å². The van der Waals surface area contributed by atoms with Crippen LogP contribution in [-0.2, 0) is 0 Å². The van der Waals surface area contributed by atoms with Crippen molar-refractivity contribution in [2.24, 2.45) is 0 Å². The molecule has 0 nitrogen and oxygen atoms in total. The molecule has 0 aromatic heterocycles. The quantitative estimate of drug-likeness (QED) is 0.468. The van der Waals surface area contributed by atoms with Crippen LogP contribution >= 0.6 is 11.1 Å². The average Bonchev–Trinajstić information content (AvgIpc) is 2.12. The molecule has 0 spiro atoms. The zero-order valence-corrected chi connectivity index (χ0v) is 12.9. The van der Waals surface area contributed by atoms with E-state index in [1.807, 2.05) is 0 Å². The Bertz CT molecular complexity index is 178. The van der Waals surface area contributed by atoms with Crippen LogP contribution in [0.2, 0.25) is 8.57 Å². The second-order valence-electron chi connectivity index (χ2n) is 3.06. The summed E-state index contributed by atoms with van der Waals surface area (Å²) in [5.74, 6) is 0. The molecule has 1 saturated heterocycles. The molecule has 0 bridgehead atoms. The first-order valence-electron chi connectivity index (χ1n) is 3.34. The van der Waals surface area contributed by atoms with Crippen molar-refractivity contribution in [3.8, 4) is 0 Å². The molecule has 0 amide bonds. The van der Waals surface area contributed by atoms with Gasteiger partial charge in [-0.2, -0.15) is 11.1 Å². The number of hydrogen-bond donors (Lipinski definition) is 0. The molecule has 0 N–H and O–H groups in total. The van der Waals surface area contributed by atoms with Crippen LogP contribution in [0.25, 0.3) is 0 Å². The topological polar surface area (TPSA) is 0 Å². The molecule has 8 heteroatoms. The van der Waals surface area contributed by atoms with Crippen molar-refractivity contribution in [2.75, 3.05) is 0 Å². The van der Waals surface area contributed by atoms with Crippen molar-refractivity contribution in [1.29, 1.82) is 0 Å². The van der Waals surface area contributed by atoms with E-state index in [9.17, 15) is 4.11 Å². The Balaban J connectivity index is 3.04. The van der Waals surface area contributed by atoms with Crippen LogP contribution in [-0.4, -0.2) is 57.2 Å². The lowest BCUT2D eigenvalue weighted by molar-refractivity contribution is 0.822. The van der Waals surface area contributed by atoms with Crippen LogP contribution in [0.3, 0.4) is 0 Å². The predicted octanol–water partition coefficient (Wildman–Crippen LogP) is 0.0347. The lowest BCUT2D eigenvalue weighted by Crippen LogP contribution is -2.53. The number of halogens is 2.